The smallest absolute Gasteiger partial charge is 0.416 e. The number of methoxy groups -OCH3 is 1. The number of halogens is 3. The van der Waals surface area contributed by atoms with Crippen molar-refractivity contribution in [2.75, 3.05) is 33.4 Å². The van der Waals surface area contributed by atoms with Crippen LogP contribution in [0.15, 0.2) is 42.5 Å². The lowest BCUT2D eigenvalue weighted by Gasteiger charge is -2.51. The molecule has 2 aromatic carbocycles. The zero-order valence-corrected chi connectivity index (χ0v) is 22.1. The van der Waals surface area contributed by atoms with Gasteiger partial charge in [0, 0.05) is 60.2 Å². The van der Waals surface area contributed by atoms with Crippen LogP contribution in [0.25, 0.3) is 10.9 Å². The van der Waals surface area contributed by atoms with E-state index in [1.165, 1.54) is 12.1 Å². The molecule has 1 spiro atoms. The number of likely N-dealkylation sites (tertiary alicyclic amines) is 1. The lowest BCUT2D eigenvalue weighted by atomic mass is 9.68. The second-order valence-electron chi connectivity index (χ2n) is 11.3. The van der Waals surface area contributed by atoms with E-state index in [0.717, 1.165) is 47.5 Å². The van der Waals surface area contributed by atoms with Gasteiger partial charge in [0.05, 0.1) is 25.3 Å². The molecule has 1 aromatic heterocycles. The molecular weight excluding hydrogens is 507 g/mol. The number of alkyl halides is 3. The molecule has 3 aromatic rings. The summed E-state index contributed by atoms with van der Waals surface area (Å²) in [5.74, 6) is 1.07. The highest BCUT2D eigenvalue weighted by molar-refractivity contribution is 5.88. The van der Waals surface area contributed by atoms with E-state index in [9.17, 15) is 23.1 Å². The van der Waals surface area contributed by atoms with Crippen molar-refractivity contribution >= 4 is 16.8 Å². The summed E-state index contributed by atoms with van der Waals surface area (Å²) in [6.07, 6.45) is -0.0128. The summed E-state index contributed by atoms with van der Waals surface area (Å²) in [6, 6.07) is 11.1. The third-order valence-corrected chi connectivity index (χ3v) is 9.20. The topological polar surface area (TPSA) is 68.8 Å². The van der Waals surface area contributed by atoms with Crippen LogP contribution in [0, 0.1) is 5.92 Å². The van der Waals surface area contributed by atoms with E-state index in [2.05, 4.69) is 4.98 Å². The fourth-order valence-corrected chi connectivity index (χ4v) is 6.91. The molecule has 3 heterocycles. The predicted octanol–water partition coefficient (Wildman–Crippen LogP) is 5.40. The van der Waals surface area contributed by atoms with E-state index >= 15 is 0 Å². The van der Waals surface area contributed by atoms with Gasteiger partial charge in [0.15, 0.2) is 0 Å². The minimum Gasteiger partial charge on any atom is -0.497 e. The quantitative estimate of drug-likeness (QED) is 0.454. The molecule has 9 heteroatoms. The maximum atomic E-state index is 13.9. The van der Waals surface area contributed by atoms with Gasteiger partial charge in [0.1, 0.15) is 5.75 Å². The molecular formula is C30H34F3N3O3. The first-order valence-electron chi connectivity index (χ1n) is 13.7. The van der Waals surface area contributed by atoms with Gasteiger partial charge in [-0.15, -0.1) is 0 Å². The normalized spacial score (nSPS) is 21.7. The van der Waals surface area contributed by atoms with E-state index < -0.39 is 17.8 Å². The monoisotopic (exact) mass is 541 g/mol. The van der Waals surface area contributed by atoms with Crippen LogP contribution < -0.4 is 4.74 Å². The SMILES string of the molecule is COc1ccc2c3c([nH]c2c1)[C@H](CO)N(Cc1ccccc1C(F)(F)F)CC31CCN(C(=O)C2CCC2)CC1. The fraction of sp³-hybridized carbons (Fsp3) is 0.500. The summed E-state index contributed by atoms with van der Waals surface area (Å²) in [7, 11) is 1.61. The van der Waals surface area contributed by atoms with Crippen LogP contribution in [-0.4, -0.2) is 59.1 Å². The molecule has 1 aliphatic carbocycles. The third-order valence-electron chi connectivity index (χ3n) is 9.20. The van der Waals surface area contributed by atoms with Crippen molar-refractivity contribution in [3.63, 3.8) is 0 Å². The number of hydrogen-bond acceptors (Lipinski definition) is 4. The summed E-state index contributed by atoms with van der Waals surface area (Å²) in [6.45, 7) is 1.57. The van der Waals surface area contributed by atoms with Gasteiger partial charge in [-0.3, -0.25) is 9.69 Å². The number of hydrogen-bond donors (Lipinski definition) is 2. The number of fused-ring (bicyclic) bond motifs is 4. The highest BCUT2D eigenvalue weighted by Gasteiger charge is 2.48. The number of ether oxygens (including phenoxy) is 1. The molecule has 208 valence electrons. The molecule has 2 fully saturated rings. The number of nitrogens with zero attached hydrogens (tertiary/aromatic N) is 2. The van der Waals surface area contributed by atoms with Crippen LogP contribution in [-0.2, 0) is 22.9 Å². The third kappa shape index (κ3) is 4.49. The zero-order chi connectivity index (χ0) is 27.4. The molecule has 0 bridgehead atoms. The number of aliphatic hydroxyl groups excluding tert-OH is 1. The average Bonchev–Trinajstić information content (AvgIpc) is 3.27. The Balaban J connectivity index is 1.41. The Labute approximate surface area is 225 Å². The number of carbonyl (C=O) groups is 1. The van der Waals surface area contributed by atoms with Gasteiger partial charge in [0.25, 0.3) is 0 Å². The molecule has 39 heavy (non-hydrogen) atoms. The maximum Gasteiger partial charge on any atom is 0.416 e. The van der Waals surface area contributed by atoms with E-state index in [0.29, 0.717) is 38.2 Å². The first kappa shape index (κ1) is 26.2. The van der Waals surface area contributed by atoms with Crippen LogP contribution in [0.5, 0.6) is 5.75 Å². The summed E-state index contributed by atoms with van der Waals surface area (Å²) >= 11 is 0. The molecule has 2 N–H and O–H groups in total. The van der Waals surface area contributed by atoms with Crippen LogP contribution >= 0.6 is 0 Å². The van der Waals surface area contributed by atoms with E-state index in [-0.39, 0.29) is 36.0 Å². The summed E-state index contributed by atoms with van der Waals surface area (Å²) in [5, 5.41) is 11.6. The standard InChI is InChI=1S/C30H34F3N3O3/c1-39-21-9-10-22-24(15-21)34-27-25(17-37)36(16-20-5-2-3-8-23(20)30(31,32)33)18-29(26(22)27)11-13-35(14-12-29)28(38)19-6-4-7-19/h2-3,5,8-10,15,19,25,34,37H,4,6-7,11-14,16-18H2,1H3/t25-/m0/s1. The van der Waals surface area contributed by atoms with Gasteiger partial charge in [-0.05, 0) is 55.0 Å². The minimum absolute atomic E-state index is 0.0610. The number of H-pyrrole nitrogens is 1. The van der Waals surface area contributed by atoms with Crippen molar-refractivity contribution in [2.45, 2.75) is 56.3 Å². The summed E-state index contributed by atoms with van der Waals surface area (Å²) in [4.78, 5) is 20.5. The summed E-state index contributed by atoms with van der Waals surface area (Å²) in [5.41, 5.74) is 2.02. The Bertz CT molecular complexity index is 1370. The lowest BCUT2D eigenvalue weighted by Crippen LogP contribution is -2.55. The van der Waals surface area contributed by atoms with Gasteiger partial charge in [-0.25, -0.2) is 0 Å². The highest BCUT2D eigenvalue weighted by atomic mass is 19.4. The highest BCUT2D eigenvalue weighted by Crippen LogP contribution is 2.50. The Morgan fingerprint density at radius 2 is 1.90 bits per heavy atom. The summed E-state index contributed by atoms with van der Waals surface area (Å²) < 4.78 is 47.1. The molecule has 3 aliphatic rings. The largest absolute Gasteiger partial charge is 0.497 e. The van der Waals surface area contributed by atoms with Crippen molar-refractivity contribution in [3.05, 3.63) is 64.8 Å². The number of amides is 1. The maximum absolute atomic E-state index is 13.9. The number of aromatic nitrogens is 1. The molecule has 1 amide bonds. The molecule has 6 rings (SSSR count). The molecule has 1 saturated carbocycles. The number of piperidine rings is 1. The molecule has 1 saturated heterocycles. The van der Waals surface area contributed by atoms with Crippen LogP contribution in [0.2, 0.25) is 0 Å². The molecule has 6 nitrogen and oxygen atoms in total. The van der Waals surface area contributed by atoms with Crippen LogP contribution in [0.1, 0.15) is 60.5 Å². The number of aromatic amines is 1. The lowest BCUT2D eigenvalue weighted by molar-refractivity contribution is -0.140. The number of nitrogens with one attached hydrogen (secondary N) is 1. The van der Waals surface area contributed by atoms with Gasteiger partial charge in [0.2, 0.25) is 5.91 Å². The van der Waals surface area contributed by atoms with Crippen LogP contribution in [0.3, 0.4) is 0 Å². The van der Waals surface area contributed by atoms with E-state index in [1.807, 2.05) is 28.0 Å². The molecule has 1 atom stereocenters. The zero-order valence-electron chi connectivity index (χ0n) is 22.1. The molecule has 0 radical (unpaired) electrons. The van der Waals surface area contributed by atoms with Crippen molar-refractivity contribution in [1.82, 2.24) is 14.8 Å². The van der Waals surface area contributed by atoms with Crippen molar-refractivity contribution in [2.24, 2.45) is 5.92 Å². The average molecular weight is 542 g/mol. The van der Waals surface area contributed by atoms with Crippen molar-refractivity contribution in [1.29, 1.82) is 0 Å². The molecule has 0 unspecified atom stereocenters. The number of carbonyl (C=O) groups excluding carboxylic acids is 1. The van der Waals surface area contributed by atoms with Gasteiger partial charge in [-0.1, -0.05) is 24.6 Å². The first-order valence-corrected chi connectivity index (χ1v) is 13.7. The second-order valence-corrected chi connectivity index (χ2v) is 11.3. The van der Waals surface area contributed by atoms with E-state index in [1.54, 1.807) is 13.2 Å². The number of benzene rings is 2. The number of aliphatic hydroxyl groups is 1. The van der Waals surface area contributed by atoms with Gasteiger partial charge < -0.3 is 19.7 Å². The fourth-order valence-electron chi connectivity index (χ4n) is 6.91. The Hall–Kier alpha value is -3.04. The van der Waals surface area contributed by atoms with Crippen molar-refractivity contribution in [3.8, 4) is 5.75 Å². The van der Waals surface area contributed by atoms with Crippen LogP contribution in [0.4, 0.5) is 13.2 Å². The Morgan fingerprint density at radius 1 is 1.15 bits per heavy atom. The predicted molar refractivity (Wildman–Crippen MR) is 141 cm³/mol. The van der Waals surface area contributed by atoms with Gasteiger partial charge >= 0.3 is 6.18 Å². The minimum atomic E-state index is -4.46. The van der Waals surface area contributed by atoms with Crippen molar-refractivity contribution < 1.29 is 27.8 Å². The molecule has 2 aliphatic heterocycles. The first-order chi connectivity index (χ1) is 18.7. The second kappa shape index (κ2) is 9.86. The Kier molecular flexibility index (Phi) is 6.62. The Morgan fingerprint density at radius 3 is 2.54 bits per heavy atom. The van der Waals surface area contributed by atoms with E-state index in [4.69, 9.17) is 4.74 Å². The number of rotatable bonds is 5. The van der Waals surface area contributed by atoms with Gasteiger partial charge in [-0.2, -0.15) is 13.2 Å².